The number of fused-ring (bicyclic) bond motifs is 3. The smallest absolute Gasteiger partial charge is 0.330 e. The molecule has 0 atom stereocenters. The molecule has 0 aliphatic heterocycles. The monoisotopic (exact) mass is 521 g/mol. The van der Waals surface area contributed by atoms with Crippen molar-refractivity contribution in [3.63, 3.8) is 0 Å². The minimum absolute atomic E-state index is 0.488. The van der Waals surface area contributed by atoms with Crippen molar-refractivity contribution in [2.75, 3.05) is 0 Å². The molecule has 1 radical (unpaired) electrons. The lowest BCUT2D eigenvalue weighted by molar-refractivity contribution is -0.0893. The van der Waals surface area contributed by atoms with Crippen LogP contribution >= 0.6 is 0 Å². The number of aliphatic hydroxyl groups is 1. The Morgan fingerprint density at radius 2 is 1.12 bits per heavy atom. The highest BCUT2D eigenvalue weighted by Crippen LogP contribution is 2.55. The van der Waals surface area contributed by atoms with Gasteiger partial charge in [-0.2, -0.15) is 0 Å². The van der Waals surface area contributed by atoms with E-state index in [0.717, 1.165) is 5.46 Å². The van der Waals surface area contributed by atoms with Crippen LogP contribution in [0.1, 0.15) is 49.9 Å². The SMILES string of the molecule is CC(C)(O)C(C)(C)O[B]c1cccc(C2(c3ccc(-c4ccccc4)cc3)c3ccccc3-c3ccccc32)c1. The van der Waals surface area contributed by atoms with Crippen molar-refractivity contribution in [2.24, 2.45) is 0 Å². The molecule has 5 aromatic rings. The highest BCUT2D eigenvalue weighted by atomic mass is 16.5. The quantitative estimate of drug-likeness (QED) is 0.220. The van der Waals surface area contributed by atoms with Gasteiger partial charge in [0.1, 0.15) is 0 Å². The predicted octanol–water partition coefficient (Wildman–Crippen LogP) is 7.53. The lowest BCUT2D eigenvalue weighted by atomic mass is 9.66. The molecule has 40 heavy (non-hydrogen) atoms. The minimum Gasteiger partial charge on any atom is -0.427 e. The molecule has 5 aromatic carbocycles. The summed E-state index contributed by atoms with van der Waals surface area (Å²) in [5.41, 5.74) is 8.61. The van der Waals surface area contributed by atoms with E-state index < -0.39 is 16.6 Å². The number of hydrogen-bond donors (Lipinski definition) is 1. The Morgan fingerprint density at radius 3 is 1.73 bits per heavy atom. The average molecular weight is 521 g/mol. The molecule has 1 aliphatic rings. The second kappa shape index (κ2) is 9.93. The van der Waals surface area contributed by atoms with Gasteiger partial charge < -0.3 is 9.76 Å². The Labute approximate surface area is 238 Å². The topological polar surface area (TPSA) is 29.5 Å². The van der Waals surface area contributed by atoms with Crippen LogP contribution in [0.4, 0.5) is 0 Å². The van der Waals surface area contributed by atoms with Crippen LogP contribution in [-0.2, 0) is 10.1 Å². The van der Waals surface area contributed by atoms with Crippen LogP contribution in [0.5, 0.6) is 0 Å². The summed E-state index contributed by atoms with van der Waals surface area (Å²) in [5.74, 6) is 0. The van der Waals surface area contributed by atoms with E-state index in [1.54, 1.807) is 21.3 Å². The third kappa shape index (κ3) is 4.31. The fourth-order valence-corrected chi connectivity index (χ4v) is 5.77. The maximum Gasteiger partial charge on any atom is 0.330 e. The summed E-state index contributed by atoms with van der Waals surface area (Å²) >= 11 is 0. The number of benzene rings is 5. The lowest BCUT2D eigenvalue weighted by Crippen LogP contribution is -2.49. The molecule has 0 unspecified atom stereocenters. The first-order valence-corrected chi connectivity index (χ1v) is 13.9. The molecule has 3 heteroatoms. The van der Waals surface area contributed by atoms with E-state index in [4.69, 9.17) is 4.65 Å². The average Bonchev–Trinajstić information content (AvgIpc) is 3.28. The molecule has 0 bridgehead atoms. The van der Waals surface area contributed by atoms with E-state index in [9.17, 15) is 5.11 Å². The first-order chi connectivity index (χ1) is 19.2. The van der Waals surface area contributed by atoms with E-state index in [1.807, 2.05) is 13.8 Å². The highest BCUT2D eigenvalue weighted by Gasteiger charge is 2.46. The molecule has 0 amide bonds. The predicted molar refractivity (Wildman–Crippen MR) is 166 cm³/mol. The van der Waals surface area contributed by atoms with Crippen LogP contribution < -0.4 is 5.46 Å². The fourth-order valence-electron chi connectivity index (χ4n) is 5.77. The fraction of sp³-hybridized carbons (Fsp3) is 0.189. The van der Waals surface area contributed by atoms with Gasteiger partial charge in [0.05, 0.1) is 16.6 Å². The third-order valence-electron chi connectivity index (χ3n) is 8.66. The van der Waals surface area contributed by atoms with Crippen molar-refractivity contribution < 1.29 is 9.76 Å². The lowest BCUT2D eigenvalue weighted by Gasteiger charge is -2.38. The molecular formula is C37H34BO2. The van der Waals surface area contributed by atoms with Gasteiger partial charge in [-0.3, -0.25) is 0 Å². The van der Waals surface area contributed by atoms with Crippen molar-refractivity contribution >= 4 is 12.9 Å². The van der Waals surface area contributed by atoms with E-state index in [2.05, 4.69) is 127 Å². The molecule has 1 N–H and O–H groups in total. The first kappa shape index (κ1) is 26.3. The number of hydrogen-bond acceptors (Lipinski definition) is 2. The van der Waals surface area contributed by atoms with E-state index in [-0.39, 0.29) is 0 Å². The van der Waals surface area contributed by atoms with Crippen LogP contribution in [0.3, 0.4) is 0 Å². The summed E-state index contributed by atoms with van der Waals surface area (Å²) in [5, 5.41) is 10.6. The second-order valence-corrected chi connectivity index (χ2v) is 11.7. The van der Waals surface area contributed by atoms with Gasteiger partial charge in [-0.05, 0) is 72.2 Å². The van der Waals surface area contributed by atoms with Gasteiger partial charge in [0.25, 0.3) is 0 Å². The third-order valence-corrected chi connectivity index (χ3v) is 8.66. The highest BCUT2D eigenvalue weighted by molar-refractivity contribution is 6.47. The van der Waals surface area contributed by atoms with Gasteiger partial charge in [-0.1, -0.05) is 133 Å². The zero-order valence-electron chi connectivity index (χ0n) is 23.6. The van der Waals surface area contributed by atoms with Crippen molar-refractivity contribution in [1.29, 1.82) is 0 Å². The summed E-state index contributed by atoms with van der Waals surface area (Å²) < 4.78 is 6.16. The Morgan fingerprint density at radius 1 is 0.575 bits per heavy atom. The van der Waals surface area contributed by atoms with Crippen molar-refractivity contribution in [3.05, 3.63) is 150 Å². The van der Waals surface area contributed by atoms with Gasteiger partial charge in [-0.15, -0.1) is 0 Å². The minimum atomic E-state index is -0.994. The molecule has 0 saturated heterocycles. The van der Waals surface area contributed by atoms with E-state index in [1.165, 1.54) is 44.5 Å². The van der Waals surface area contributed by atoms with Gasteiger partial charge in [0.15, 0.2) is 0 Å². The van der Waals surface area contributed by atoms with Gasteiger partial charge >= 0.3 is 7.48 Å². The van der Waals surface area contributed by atoms with Crippen molar-refractivity contribution in [2.45, 2.75) is 44.3 Å². The molecule has 0 saturated carbocycles. The molecule has 0 spiro atoms. The van der Waals surface area contributed by atoms with Crippen LogP contribution in [-0.4, -0.2) is 23.8 Å². The largest absolute Gasteiger partial charge is 0.427 e. The summed E-state index contributed by atoms with van der Waals surface area (Å²) in [6.07, 6.45) is 0. The van der Waals surface area contributed by atoms with Gasteiger partial charge in [-0.25, -0.2) is 0 Å². The maximum absolute atomic E-state index is 10.6. The molecule has 0 heterocycles. The van der Waals surface area contributed by atoms with E-state index in [0.29, 0.717) is 0 Å². The summed E-state index contributed by atoms with van der Waals surface area (Å²) in [6, 6.07) is 45.7. The van der Waals surface area contributed by atoms with Crippen LogP contribution in [0, 0.1) is 0 Å². The Kier molecular flexibility index (Phi) is 6.53. The second-order valence-electron chi connectivity index (χ2n) is 11.7. The van der Waals surface area contributed by atoms with E-state index >= 15 is 0 Å². The molecule has 0 fully saturated rings. The maximum atomic E-state index is 10.6. The summed E-state index contributed by atoms with van der Waals surface area (Å²) in [7, 11) is 1.78. The molecule has 2 nitrogen and oxygen atoms in total. The molecule has 197 valence electrons. The normalized spacial score (nSPS) is 13.9. The Balaban J connectivity index is 1.53. The van der Waals surface area contributed by atoms with Crippen molar-refractivity contribution in [3.8, 4) is 22.3 Å². The Bertz CT molecular complexity index is 1600. The van der Waals surface area contributed by atoms with Crippen molar-refractivity contribution in [1.82, 2.24) is 0 Å². The van der Waals surface area contributed by atoms with Crippen LogP contribution in [0.25, 0.3) is 22.3 Å². The molecule has 0 aromatic heterocycles. The zero-order chi connectivity index (χ0) is 28.0. The van der Waals surface area contributed by atoms with Gasteiger partial charge in [0, 0.05) is 0 Å². The molecular weight excluding hydrogens is 487 g/mol. The zero-order valence-corrected chi connectivity index (χ0v) is 23.6. The Hall–Kier alpha value is -3.92. The summed E-state index contributed by atoms with van der Waals surface area (Å²) in [6.45, 7) is 7.37. The molecule has 1 aliphatic carbocycles. The standard InChI is InChI=1S/C37H34BO2/c1-35(2,39)36(3,4)40-38-30-16-12-15-29(25-30)37(28-23-21-27(22-24-28)26-13-6-5-7-14-26)33-19-10-8-17-31(33)32-18-9-11-20-34(32)37/h5-25,39H,1-4H3. The van der Waals surface area contributed by atoms with Gasteiger partial charge in [0.2, 0.25) is 0 Å². The number of rotatable bonds is 7. The first-order valence-electron chi connectivity index (χ1n) is 13.9. The summed E-state index contributed by atoms with van der Waals surface area (Å²) in [4.78, 5) is 0. The molecule has 6 rings (SSSR count). The van der Waals surface area contributed by atoms with Crippen LogP contribution in [0.15, 0.2) is 127 Å². The van der Waals surface area contributed by atoms with Crippen LogP contribution in [0.2, 0.25) is 0 Å².